The zero-order valence-corrected chi connectivity index (χ0v) is 11.6. The highest BCUT2D eigenvalue weighted by molar-refractivity contribution is 5.02. The molecule has 0 heterocycles. The highest BCUT2D eigenvalue weighted by Crippen LogP contribution is 2.40. The second-order valence-corrected chi connectivity index (χ2v) is 4.99. The van der Waals surface area contributed by atoms with Gasteiger partial charge in [-0.05, 0) is 18.8 Å². The lowest BCUT2D eigenvalue weighted by Crippen LogP contribution is -2.40. The molecular weight excluding hydrogens is 224 g/mol. The Labute approximate surface area is 111 Å². The minimum absolute atomic E-state index is 0.121. The summed E-state index contributed by atoms with van der Waals surface area (Å²) in [7, 11) is 0. The summed E-state index contributed by atoms with van der Waals surface area (Å²) in [5, 5.41) is 0. The van der Waals surface area contributed by atoms with Crippen LogP contribution in [-0.4, -0.2) is 26.4 Å². The average Bonchev–Trinajstić information content (AvgIpc) is 2.40. The summed E-state index contributed by atoms with van der Waals surface area (Å²) in [6, 6.07) is 0. The van der Waals surface area contributed by atoms with E-state index in [1.54, 1.807) is 12.2 Å². The van der Waals surface area contributed by atoms with Crippen molar-refractivity contribution in [2.45, 2.75) is 26.2 Å². The SMILES string of the molecule is C=CCOCC1(COCC=C)CC=CCC1CC. The minimum Gasteiger partial charge on any atom is -0.377 e. The van der Waals surface area contributed by atoms with E-state index in [1.165, 1.54) is 6.42 Å². The standard InChI is InChI=1S/C16H26O2/c1-4-11-17-13-16(14-18-12-5-2)10-8-7-9-15(16)6-3/h4-5,7-8,15H,1-2,6,9-14H2,3H3. The Bertz CT molecular complexity index is 267. The van der Waals surface area contributed by atoms with Gasteiger partial charge in [0.25, 0.3) is 0 Å². The summed E-state index contributed by atoms with van der Waals surface area (Å²) >= 11 is 0. The molecule has 0 aromatic carbocycles. The average molecular weight is 250 g/mol. The predicted octanol–water partition coefficient (Wildman–Crippen LogP) is 3.75. The number of hydrogen-bond donors (Lipinski definition) is 0. The molecule has 1 aliphatic carbocycles. The van der Waals surface area contributed by atoms with Crippen molar-refractivity contribution in [2.24, 2.45) is 11.3 Å². The van der Waals surface area contributed by atoms with E-state index in [0.717, 1.165) is 26.1 Å². The Morgan fingerprint density at radius 2 is 1.78 bits per heavy atom. The van der Waals surface area contributed by atoms with E-state index in [9.17, 15) is 0 Å². The molecule has 0 saturated heterocycles. The molecule has 0 N–H and O–H groups in total. The van der Waals surface area contributed by atoms with Gasteiger partial charge in [0, 0.05) is 5.41 Å². The lowest BCUT2D eigenvalue weighted by Gasteiger charge is -2.41. The molecule has 0 aromatic rings. The zero-order valence-electron chi connectivity index (χ0n) is 11.6. The molecule has 1 rings (SSSR count). The molecule has 1 unspecified atom stereocenters. The molecule has 0 fully saturated rings. The van der Waals surface area contributed by atoms with Gasteiger partial charge in [0.1, 0.15) is 0 Å². The van der Waals surface area contributed by atoms with Crippen molar-refractivity contribution in [3.05, 3.63) is 37.5 Å². The minimum atomic E-state index is 0.121. The molecule has 18 heavy (non-hydrogen) atoms. The maximum absolute atomic E-state index is 5.73. The van der Waals surface area contributed by atoms with Crippen molar-refractivity contribution in [2.75, 3.05) is 26.4 Å². The van der Waals surface area contributed by atoms with Gasteiger partial charge in [-0.3, -0.25) is 0 Å². The van der Waals surface area contributed by atoms with Crippen LogP contribution in [0.15, 0.2) is 37.5 Å². The monoisotopic (exact) mass is 250 g/mol. The number of ether oxygens (including phenoxy) is 2. The number of rotatable bonds is 9. The van der Waals surface area contributed by atoms with Crippen molar-refractivity contribution in [3.8, 4) is 0 Å². The van der Waals surface area contributed by atoms with E-state index in [-0.39, 0.29) is 5.41 Å². The highest BCUT2D eigenvalue weighted by atomic mass is 16.5. The summed E-state index contributed by atoms with van der Waals surface area (Å²) < 4.78 is 11.5. The normalized spacial score (nSPS) is 21.7. The maximum atomic E-state index is 5.73. The van der Waals surface area contributed by atoms with E-state index >= 15 is 0 Å². The third-order valence-electron chi connectivity index (χ3n) is 3.72. The maximum Gasteiger partial charge on any atom is 0.0645 e. The fourth-order valence-corrected chi connectivity index (χ4v) is 2.68. The van der Waals surface area contributed by atoms with Crippen LogP contribution in [0.25, 0.3) is 0 Å². The van der Waals surface area contributed by atoms with Crippen LogP contribution in [0.2, 0.25) is 0 Å². The molecule has 0 aromatic heterocycles. The fourth-order valence-electron chi connectivity index (χ4n) is 2.68. The fraction of sp³-hybridized carbons (Fsp3) is 0.625. The van der Waals surface area contributed by atoms with E-state index in [4.69, 9.17) is 9.47 Å². The molecule has 0 radical (unpaired) electrons. The zero-order chi connectivity index (χ0) is 13.3. The molecule has 0 bridgehead atoms. The highest BCUT2D eigenvalue weighted by Gasteiger charge is 2.38. The molecular formula is C16H26O2. The molecule has 0 aliphatic heterocycles. The van der Waals surface area contributed by atoms with Crippen LogP contribution in [0.5, 0.6) is 0 Å². The van der Waals surface area contributed by atoms with E-state index in [2.05, 4.69) is 32.2 Å². The molecule has 2 heteroatoms. The first kappa shape index (κ1) is 15.2. The van der Waals surface area contributed by atoms with Crippen molar-refractivity contribution in [1.82, 2.24) is 0 Å². The van der Waals surface area contributed by atoms with Crippen LogP contribution >= 0.6 is 0 Å². The van der Waals surface area contributed by atoms with Gasteiger partial charge in [-0.2, -0.15) is 0 Å². The first-order chi connectivity index (χ1) is 8.79. The topological polar surface area (TPSA) is 18.5 Å². The Kier molecular flexibility index (Phi) is 6.99. The molecule has 1 atom stereocenters. The van der Waals surface area contributed by atoms with Gasteiger partial charge in [-0.25, -0.2) is 0 Å². The van der Waals surface area contributed by atoms with E-state index in [1.807, 2.05) is 0 Å². The van der Waals surface area contributed by atoms with Crippen LogP contribution in [0.4, 0.5) is 0 Å². The van der Waals surface area contributed by atoms with Crippen LogP contribution in [0, 0.1) is 11.3 Å². The Hall–Kier alpha value is -0.860. The van der Waals surface area contributed by atoms with E-state index in [0.29, 0.717) is 19.1 Å². The van der Waals surface area contributed by atoms with Crippen molar-refractivity contribution in [3.63, 3.8) is 0 Å². The third-order valence-corrected chi connectivity index (χ3v) is 3.72. The molecule has 102 valence electrons. The van der Waals surface area contributed by atoms with Crippen molar-refractivity contribution >= 4 is 0 Å². The lowest BCUT2D eigenvalue weighted by atomic mass is 9.68. The molecule has 0 saturated carbocycles. The van der Waals surface area contributed by atoms with Crippen LogP contribution < -0.4 is 0 Å². The summed E-state index contributed by atoms with van der Waals surface area (Å²) in [6.45, 7) is 12.4. The van der Waals surface area contributed by atoms with Gasteiger partial charge in [-0.1, -0.05) is 37.6 Å². The molecule has 2 nitrogen and oxygen atoms in total. The van der Waals surface area contributed by atoms with Crippen LogP contribution in [0.1, 0.15) is 26.2 Å². The molecule has 0 amide bonds. The largest absolute Gasteiger partial charge is 0.377 e. The van der Waals surface area contributed by atoms with Crippen LogP contribution in [0.3, 0.4) is 0 Å². The Morgan fingerprint density at radius 1 is 1.17 bits per heavy atom. The molecule has 1 aliphatic rings. The van der Waals surface area contributed by atoms with Crippen molar-refractivity contribution < 1.29 is 9.47 Å². The number of hydrogen-bond acceptors (Lipinski definition) is 2. The second-order valence-electron chi connectivity index (χ2n) is 4.99. The Balaban J connectivity index is 2.66. The van der Waals surface area contributed by atoms with Crippen LogP contribution in [-0.2, 0) is 9.47 Å². The second kappa shape index (κ2) is 8.28. The lowest BCUT2D eigenvalue weighted by molar-refractivity contribution is -0.0471. The quantitative estimate of drug-likeness (QED) is 0.458. The summed E-state index contributed by atoms with van der Waals surface area (Å²) in [5.74, 6) is 0.636. The third kappa shape index (κ3) is 4.11. The number of allylic oxidation sites excluding steroid dienone is 2. The molecule has 0 spiro atoms. The predicted molar refractivity (Wildman–Crippen MR) is 76.6 cm³/mol. The van der Waals surface area contributed by atoms with E-state index < -0.39 is 0 Å². The van der Waals surface area contributed by atoms with Gasteiger partial charge < -0.3 is 9.47 Å². The van der Waals surface area contributed by atoms with Gasteiger partial charge in [-0.15, -0.1) is 13.2 Å². The smallest absolute Gasteiger partial charge is 0.0645 e. The van der Waals surface area contributed by atoms with Crippen molar-refractivity contribution in [1.29, 1.82) is 0 Å². The van der Waals surface area contributed by atoms with Gasteiger partial charge in [0.2, 0.25) is 0 Å². The first-order valence-electron chi connectivity index (χ1n) is 6.81. The van der Waals surface area contributed by atoms with Gasteiger partial charge in [0.05, 0.1) is 26.4 Å². The van der Waals surface area contributed by atoms with Gasteiger partial charge in [0.15, 0.2) is 0 Å². The first-order valence-corrected chi connectivity index (χ1v) is 6.81. The summed E-state index contributed by atoms with van der Waals surface area (Å²) in [5.41, 5.74) is 0.121. The Morgan fingerprint density at radius 3 is 2.28 bits per heavy atom. The summed E-state index contributed by atoms with van der Waals surface area (Å²) in [6.07, 6.45) is 11.5. The van der Waals surface area contributed by atoms with Gasteiger partial charge >= 0.3 is 0 Å². The summed E-state index contributed by atoms with van der Waals surface area (Å²) in [4.78, 5) is 0.